The number of nitriles is 2. The lowest BCUT2D eigenvalue weighted by atomic mass is 10.5. The second-order valence-electron chi connectivity index (χ2n) is 2.26. The zero-order chi connectivity index (χ0) is 10.4. The van der Waals surface area contributed by atoms with Gasteiger partial charge in [-0.2, -0.15) is 20.6 Å². The van der Waals surface area contributed by atoms with Crippen molar-refractivity contribution in [3.05, 3.63) is 11.5 Å². The van der Waals surface area contributed by atoms with Gasteiger partial charge in [-0.3, -0.25) is 0 Å². The normalized spacial score (nSPS) is 8.79. The number of aromatic nitrogens is 3. The van der Waals surface area contributed by atoms with Gasteiger partial charge in [0.1, 0.15) is 13.1 Å². The van der Waals surface area contributed by atoms with E-state index in [1.165, 1.54) is 11.1 Å². The highest BCUT2D eigenvalue weighted by molar-refractivity contribution is 6.28. The van der Waals surface area contributed by atoms with E-state index < -0.39 is 0 Å². The fraction of sp³-hybridized carbons (Fsp3) is 0.286. The average molecular weight is 209 g/mol. The summed E-state index contributed by atoms with van der Waals surface area (Å²) in [6.07, 6.45) is 1.35. The number of rotatable bonds is 3. The van der Waals surface area contributed by atoms with Gasteiger partial charge in [-0.25, -0.2) is 0 Å². The molecule has 0 saturated heterocycles. The SMILES string of the molecule is N#CCN(CC#N)c1cnnc(Cl)n1. The third kappa shape index (κ3) is 2.54. The van der Waals surface area contributed by atoms with Crippen molar-refractivity contribution in [3.8, 4) is 12.1 Å². The van der Waals surface area contributed by atoms with E-state index >= 15 is 0 Å². The number of halogens is 1. The molecule has 0 aliphatic heterocycles. The van der Waals surface area contributed by atoms with Gasteiger partial charge in [-0.15, -0.1) is 5.10 Å². The van der Waals surface area contributed by atoms with E-state index in [2.05, 4.69) is 15.2 Å². The van der Waals surface area contributed by atoms with Crippen LogP contribution in [0.2, 0.25) is 5.28 Å². The van der Waals surface area contributed by atoms with Crippen molar-refractivity contribution < 1.29 is 0 Å². The lowest BCUT2D eigenvalue weighted by Gasteiger charge is -2.15. The predicted octanol–water partition coefficient (Wildman–Crippen LogP) is 0.379. The highest BCUT2D eigenvalue weighted by Crippen LogP contribution is 2.09. The van der Waals surface area contributed by atoms with E-state index in [0.29, 0.717) is 5.82 Å². The van der Waals surface area contributed by atoms with Gasteiger partial charge in [-0.1, -0.05) is 0 Å². The van der Waals surface area contributed by atoms with Crippen LogP contribution in [0.1, 0.15) is 0 Å². The van der Waals surface area contributed by atoms with Crippen LogP contribution in [0.5, 0.6) is 0 Å². The van der Waals surface area contributed by atoms with E-state index in [1.807, 2.05) is 12.1 Å². The van der Waals surface area contributed by atoms with E-state index in [0.717, 1.165) is 0 Å². The molecule has 0 aromatic carbocycles. The molecular formula is C7H5ClN6. The first-order valence-electron chi connectivity index (χ1n) is 3.62. The summed E-state index contributed by atoms with van der Waals surface area (Å²) in [4.78, 5) is 5.27. The number of hydrogen-bond donors (Lipinski definition) is 0. The smallest absolute Gasteiger partial charge is 0.244 e. The minimum Gasteiger partial charge on any atom is -0.329 e. The summed E-state index contributed by atoms with van der Waals surface area (Å²) in [5, 5.41) is 24.0. The van der Waals surface area contributed by atoms with Crippen molar-refractivity contribution in [2.45, 2.75) is 0 Å². The van der Waals surface area contributed by atoms with Crippen molar-refractivity contribution in [1.82, 2.24) is 15.2 Å². The molecule has 7 heteroatoms. The molecular weight excluding hydrogens is 204 g/mol. The molecule has 1 rings (SSSR count). The molecule has 6 nitrogen and oxygen atoms in total. The van der Waals surface area contributed by atoms with Crippen LogP contribution in [0.15, 0.2) is 6.20 Å². The third-order valence-electron chi connectivity index (χ3n) is 1.37. The van der Waals surface area contributed by atoms with Gasteiger partial charge < -0.3 is 4.90 Å². The summed E-state index contributed by atoms with van der Waals surface area (Å²) in [6.45, 7) is 0.116. The topological polar surface area (TPSA) is 89.5 Å². The maximum atomic E-state index is 8.50. The van der Waals surface area contributed by atoms with Crippen LogP contribution in [0.3, 0.4) is 0 Å². The van der Waals surface area contributed by atoms with E-state index in [4.69, 9.17) is 22.1 Å². The summed E-state index contributed by atoms with van der Waals surface area (Å²) in [7, 11) is 0. The standard InChI is InChI=1S/C7H5ClN6/c8-7-12-6(5-11-13-7)14(3-1-9)4-2-10/h5H,3-4H2. The third-order valence-corrected chi connectivity index (χ3v) is 1.53. The van der Waals surface area contributed by atoms with Crippen molar-refractivity contribution in [2.75, 3.05) is 18.0 Å². The molecule has 0 bridgehead atoms. The maximum Gasteiger partial charge on any atom is 0.244 e. The average Bonchev–Trinajstić information content (AvgIpc) is 2.17. The summed E-state index contributed by atoms with van der Waals surface area (Å²) in [5.74, 6) is 0.369. The predicted molar refractivity (Wildman–Crippen MR) is 48.3 cm³/mol. The number of anilines is 1. The Kier molecular flexibility index (Phi) is 3.59. The van der Waals surface area contributed by atoms with Crippen LogP contribution < -0.4 is 4.90 Å². The Balaban J connectivity index is 2.89. The Morgan fingerprint density at radius 1 is 1.36 bits per heavy atom. The van der Waals surface area contributed by atoms with Crippen LogP contribution >= 0.6 is 11.6 Å². The van der Waals surface area contributed by atoms with Gasteiger partial charge in [0, 0.05) is 0 Å². The molecule has 0 atom stereocenters. The van der Waals surface area contributed by atoms with Crippen LogP contribution in [0, 0.1) is 22.7 Å². The molecule has 0 radical (unpaired) electrons. The Morgan fingerprint density at radius 3 is 2.50 bits per heavy atom. The van der Waals surface area contributed by atoms with Gasteiger partial charge in [-0.05, 0) is 11.6 Å². The first-order valence-corrected chi connectivity index (χ1v) is 4.00. The largest absolute Gasteiger partial charge is 0.329 e. The highest BCUT2D eigenvalue weighted by Gasteiger charge is 2.07. The van der Waals surface area contributed by atoms with Crippen LogP contribution in [0.25, 0.3) is 0 Å². The van der Waals surface area contributed by atoms with Gasteiger partial charge >= 0.3 is 0 Å². The zero-order valence-electron chi connectivity index (χ0n) is 7.05. The molecule has 0 saturated carbocycles. The van der Waals surface area contributed by atoms with Crippen molar-refractivity contribution >= 4 is 17.4 Å². The molecule has 1 aromatic rings. The second kappa shape index (κ2) is 4.95. The first-order chi connectivity index (χ1) is 6.77. The monoisotopic (exact) mass is 208 g/mol. The zero-order valence-corrected chi connectivity index (χ0v) is 7.81. The maximum absolute atomic E-state index is 8.50. The Labute approximate surface area is 85.4 Å². The lowest BCUT2D eigenvalue weighted by molar-refractivity contribution is 0.885. The molecule has 0 N–H and O–H groups in total. The first kappa shape index (κ1) is 10.2. The van der Waals surface area contributed by atoms with Gasteiger partial charge in [0.2, 0.25) is 5.28 Å². The van der Waals surface area contributed by atoms with Crippen molar-refractivity contribution in [1.29, 1.82) is 10.5 Å². The molecule has 14 heavy (non-hydrogen) atoms. The van der Waals surface area contributed by atoms with Crippen LogP contribution in [-0.4, -0.2) is 28.3 Å². The Bertz CT molecular complexity index is 376. The number of hydrogen-bond acceptors (Lipinski definition) is 6. The highest BCUT2D eigenvalue weighted by atomic mass is 35.5. The van der Waals surface area contributed by atoms with Crippen molar-refractivity contribution in [3.63, 3.8) is 0 Å². The Morgan fingerprint density at radius 2 is 2.00 bits per heavy atom. The molecule has 1 aromatic heterocycles. The van der Waals surface area contributed by atoms with Crippen LogP contribution in [0.4, 0.5) is 5.82 Å². The fourth-order valence-electron chi connectivity index (χ4n) is 0.815. The van der Waals surface area contributed by atoms with Crippen LogP contribution in [-0.2, 0) is 0 Å². The van der Waals surface area contributed by atoms with E-state index in [9.17, 15) is 0 Å². The quantitative estimate of drug-likeness (QED) is 0.667. The lowest BCUT2D eigenvalue weighted by Crippen LogP contribution is -2.25. The van der Waals surface area contributed by atoms with Gasteiger partial charge in [0.15, 0.2) is 5.82 Å². The molecule has 0 spiro atoms. The summed E-state index contributed by atoms with van der Waals surface area (Å²) >= 11 is 5.51. The molecule has 0 unspecified atom stereocenters. The molecule has 0 aliphatic rings. The molecule has 0 aliphatic carbocycles. The van der Waals surface area contributed by atoms with Gasteiger partial charge in [0.05, 0.1) is 18.3 Å². The number of nitrogens with zero attached hydrogens (tertiary/aromatic N) is 6. The summed E-state index contributed by atoms with van der Waals surface area (Å²) in [6, 6.07) is 3.83. The molecule has 0 fully saturated rings. The van der Waals surface area contributed by atoms with E-state index in [-0.39, 0.29) is 18.4 Å². The second-order valence-corrected chi connectivity index (χ2v) is 2.59. The molecule has 0 amide bonds. The molecule has 70 valence electrons. The minimum atomic E-state index is -0.0108. The molecule has 1 heterocycles. The minimum absolute atomic E-state index is 0.0108. The van der Waals surface area contributed by atoms with Gasteiger partial charge in [0.25, 0.3) is 0 Å². The fourth-order valence-corrected chi connectivity index (χ4v) is 0.945. The Hall–Kier alpha value is -1.92. The summed E-state index contributed by atoms with van der Waals surface area (Å²) in [5.41, 5.74) is 0. The van der Waals surface area contributed by atoms with E-state index in [1.54, 1.807) is 0 Å². The van der Waals surface area contributed by atoms with Crippen molar-refractivity contribution in [2.24, 2.45) is 0 Å². The summed E-state index contributed by atoms with van der Waals surface area (Å²) < 4.78 is 0.